The first-order chi connectivity index (χ1) is 16.5. The van der Waals surface area contributed by atoms with Crippen LogP contribution >= 0.6 is 0 Å². The van der Waals surface area contributed by atoms with Crippen molar-refractivity contribution in [1.82, 2.24) is 15.2 Å². The van der Waals surface area contributed by atoms with Crippen LogP contribution in [0, 0.1) is 6.92 Å². The number of carbonyl (C=O) groups excluding carboxylic acids is 2. The summed E-state index contributed by atoms with van der Waals surface area (Å²) in [6, 6.07) is 10.4. The van der Waals surface area contributed by atoms with Gasteiger partial charge in [-0.3, -0.25) is 19.5 Å². The van der Waals surface area contributed by atoms with Gasteiger partial charge in [0.15, 0.2) is 17.4 Å². The Hall–Kier alpha value is -4.08. The Balaban J connectivity index is 1.83. The molecule has 3 aromatic rings. The molecule has 4 rings (SSSR count). The predicted octanol–water partition coefficient (Wildman–Crippen LogP) is 5.11. The molecule has 0 radical (unpaired) electrons. The Morgan fingerprint density at radius 1 is 1.03 bits per heavy atom. The van der Waals surface area contributed by atoms with Crippen molar-refractivity contribution in [2.45, 2.75) is 38.9 Å². The monoisotopic (exact) mass is 482 g/mol. The summed E-state index contributed by atoms with van der Waals surface area (Å²) in [5.41, 5.74) is 0.452. The zero-order valence-corrected chi connectivity index (χ0v) is 19.0. The number of benzene rings is 1. The van der Waals surface area contributed by atoms with Gasteiger partial charge in [0.05, 0.1) is 17.3 Å². The van der Waals surface area contributed by atoms with Gasteiger partial charge in [-0.25, -0.2) is 0 Å². The van der Waals surface area contributed by atoms with E-state index in [1.54, 1.807) is 37.3 Å². The number of carbonyl (C=O) groups is 2. The van der Waals surface area contributed by atoms with Crippen molar-refractivity contribution in [3.63, 3.8) is 0 Å². The second-order valence-electron chi connectivity index (χ2n) is 8.45. The molecule has 0 saturated heterocycles. The van der Waals surface area contributed by atoms with E-state index in [1.807, 2.05) is 13.8 Å². The first-order valence-corrected chi connectivity index (χ1v) is 10.7. The standard InChI is InChI=1S/C25H21F3N4O3/c1-13(2)15-5-7-16(8-6-15)22(33)20-21(17-9-10-18(29-12-17)25(26,27)28)32(24(35)23(20)34)19-11-4-14(3)30-31-19/h4-13,21,34H,1-3H3/t21-/m0/s1. The van der Waals surface area contributed by atoms with Crippen LogP contribution in [-0.4, -0.2) is 32.0 Å². The van der Waals surface area contributed by atoms with Crippen molar-refractivity contribution in [3.8, 4) is 0 Å². The highest BCUT2D eigenvalue weighted by atomic mass is 19.4. The largest absolute Gasteiger partial charge is 0.503 e. The molecule has 1 atom stereocenters. The van der Waals surface area contributed by atoms with Crippen molar-refractivity contribution in [2.24, 2.45) is 0 Å². The number of aryl methyl sites for hydroxylation is 1. The number of Topliss-reactive ketones (excluding diaryl/α,β-unsaturated/α-hetero) is 1. The van der Waals surface area contributed by atoms with Crippen molar-refractivity contribution in [2.75, 3.05) is 4.90 Å². The van der Waals surface area contributed by atoms with Crippen LogP contribution < -0.4 is 4.90 Å². The number of halogens is 3. The quantitative estimate of drug-likeness (QED) is 0.508. The van der Waals surface area contributed by atoms with E-state index < -0.39 is 35.4 Å². The summed E-state index contributed by atoms with van der Waals surface area (Å²) in [6.07, 6.45) is -3.73. The summed E-state index contributed by atoms with van der Waals surface area (Å²) in [7, 11) is 0. The molecule has 1 aliphatic heterocycles. The fourth-order valence-electron chi connectivity index (χ4n) is 3.82. The lowest BCUT2D eigenvalue weighted by Crippen LogP contribution is -2.32. The van der Waals surface area contributed by atoms with E-state index in [2.05, 4.69) is 15.2 Å². The average molecular weight is 482 g/mol. The third-order valence-electron chi connectivity index (χ3n) is 5.72. The second-order valence-corrected chi connectivity index (χ2v) is 8.45. The number of hydrogen-bond donors (Lipinski definition) is 1. The van der Waals surface area contributed by atoms with E-state index in [0.717, 1.165) is 28.8 Å². The molecule has 0 unspecified atom stereocenters. The van der Waals surface area contributed by atoms with Crippen LogP contribution in [0.3, 0.4) is 0 Å². The number of rotatable bonds is 5. The van der Waals surface area contributed by atoms with E-state index in [-0.39, 0.29) is 28.4 Å². The Kier molecular flexibility index (Phi) is 6.14. The van der Waals surface area contributed by atoms with Crippen LogP contribution in [0.4, 0.5) is 19.0 Å². The molecule has 3 heterocycles. The van der Waals surface area contributed by atoms with E-state index in [4.69, 9.17) is 0 Å². The summed E-state index contributed by atoms with van der Waals surface area (Å²) in [5.74, 6) is -2.12. The predicted molar refractivity (Wildman–Crippen MR) is 121 cm³/mol. The summed E-state index contributed by atoms with van der Waals surface area (Å²) in [4.78, 5) is 31.1. The normalized spacial score (nSPS) is 16.4. The summed E-state index contributed by atoms with van der Waals surface area (Å²) >= 11 is 0. The van der Waals surface area contributed by atoms with Crippen molar-refractivity contribution >= 4 is 17.5 Å². The molecule has 0 bridgehead atoms. The number of amides is 1. The van der Waals surface area contributed by atoms with Crippen molar-refractivity contribution < 1.29 is 27.9 Å². The van der Waals surface area contributed by atoms with Crippen LogP contribution in [0.1, 0.15) is 58.7 Å². The molecule has 1 N–H and O–H groups in total. The number of alkyl halides is 3. The molecule has 35 heavy (non-hydrogen) atoms. The SMILES string of the molecule is Cc1ccc(N2C(=O)C(O)=C(C(=O)c3ccc(C(C)C)cc3)[C@@H]2c2ccc(C(F)(F)F)nc2)nn1. The highest BCUT2D eigenvalue weighted by Gasteiger charge is 2.46. The molecule has 0 saturated carbocycles. The topological polar surface area (TPSA) is 96.3 Å². The Morgan fingerprint density at radius 2 is 1.71 bits per heavy atom. The minimum Gasteiger partial charge on any atom is -0.503 e. The number of aliphatic hydroxyl groups is 1. The zero-order valence-electron chi connectivity index (χ0n) is 19.0. The van der Waals surface area contributed by atoms with Crippen LogP contribution in [0.15, 0.2) is 66.1 Å². The van der Waals surface area contributed by atoms with Crippen molar-refractivity contribution in [3.05, 3.63) is 94.1 Å². The van der Waals surface area contributed by atoms with Crippen LogP contribution in [0.25, 0.3) is 0 Å². The summed E-state index contributed by atoms with van der Waals surface area (Å²) < 4.78 is 39.2. The number of ketones is 1. The lowest BCUT2D eigenvalue weighted by molar-refractivity contribution is -0.141. The lowest BCUT2D eigenvalue weighted by atomic mass is 9.92. The van der Waals surface area contributed by atoms with Gasteiger partial charge in [0.2, 0.25) is 0 Å². The van der Waals surface area contributed by atoms with E-state index >= 15 is 0 Å². The summed E-state index contributed by atoms with van der Waals surface area (Å²) in [6.45, 7) is 5.68. The second kappa shape index (κ2) is 8.94. The first kappa shape index (κ1) is 24.1. The number of aliphatic hydroxyl groups excluding tert-OH is 1. The highest BCUT2D eigenvalue weighted by molar-refractivity contribution is 6.20. The third-order valence-corrected chi connectivity index (χ3v) is 5.72. The first-order valence-electron chi connectivity index (χ1n) is 10.7. The molecule has 180 valence electrons. The third kappa shape index (κ3) is 4.51. The van der Waals surface area contributed by atoms with Gasteiger partial charge < -0.3 is 5.11 Å². The molecule has 0 fully saturated rings. The van der Waals surface area contributed by atoms with Crippen LogP contribution in [-0.2, 0) is 11.0 Å². The maximum absolute atomic E-state index is 13.5. The maximum Gasteiger partial charge on any atom is 0.433 e. The fraction of sp³-hybridized carbons (Fsp3) is 0.240. The van der Waals surface area contributed by atoms with Crippen LogP contribution in [0.2, 0.25) is 0 Å². The highest BCUT2D eigenvalue weighted by Crippen LogP contribution is 2.41. The zero-order chi connectivity index (χ0) is 25.5. The van der Waals surface area contributed by atoms with Crippen LogP contribution in [0.5, 0.6) is 0 Å². The lowest BCUT2D eigenvalue weighted by Gasteiger charge is -2.25. The fourth-order valence-corrected chi connectivity index (χ4v) is 3.82. The van der Waals surface area contributed by atoms with Gasteiger partial charge in [-0.1, -0.05) is 44.2 Å². The molecular weight excluding hydrogens is 461 g/mol. The number of aromatic nitrogens is 3. The number of nitrogens with zero attached hydrogens (tertiary/aromatic N) is 4. The molecule has 0 spiro atoms. The summed E-state index contributed by atoms with van der Waals surface area (Å²) in [5, 5.41) is 18.7. The molecule has 1 amide bonds. The van der Waals surface area contributed by atoms with E-state index in [9.17, 15) is 27.9 Å². The molecule has 1 aliphatic rings. The molecule has 2 aromatic heterocycles. The average Bonchev–Trinajstić information content (AvgIpc) is 3.09. The van der Waals surface area contributed by atoms with E-state index in [1.165, 1.54) is 6.07 Å². The minimum absolute atomic E-state index is 0.0232. The van der Waals surface area contributed by atoms with Gasteiger partial charge in [0, 0.05) is 11.8 Å². The molecule has 7 nitrogen and oxygen atoms in total. The van der Waals surface area contributed by atoms with Gasteiger partial charge in [-0.2, -0.15) is 18.3 Å². The minimum atomic E-state index is -4.67. The Bertz CT molecular complexity index is 1300. The molecule has 1 aromatic carbocycles. The van der Waals surface area contributed by atoms with Gasteiger partial charge >= 0.3 is 6.18 Å². The Morgan fingerprint density at radius 3 is 2.23 bits per heavy atom. The maximum atomic E-state index is 13.5. The number of pyridine rings is 1. The van der Waals surface area contributed by atoms with Gasteiger partial charge in [0.1, 0.15) is 5.69 Å². The molecule has 10 heteroatoms. The number of anilines is 1. The van der Waals surface area contributed by atoms with E-state index in [0.29, 0.717) is 5.69 Å². The Labute approximate surface area is 199 Å². The number of hydrogen-bond acceptors (Lipinski definition) is 6. The van der Waals surface area contributed by atoms with Gasteiger partial charge in [0.25, 0.3) is 5.91 Å². The smallest absolute Gasteiger partial charge is 0.433 e. The van der Waals surface area contributed by atoms with Gasteiger partial charge in [-0.05, 0) is 42.2 Å². The van der Waals surface area contributed by atoms with Crippen molar-refractivity contribution in [1.29, 1.82) is 0 Å². The van der Waals surface area contributed by atoms with Gasteiger partial charge in [-0.15, -0.1) is 5.10 Å². The molecular formula is C25H21F3N4O3. The molecule has 0 aliphatic carbocycles.